The lowest BCUT2D eigenvalue weighted by atomic mass is 10.1. The first-order chi connectivity index (χ1) is 13.0. The van der Waals surface area contributed by atoms with E-state index < -0.39 is 37.0 Å². The van der Waals surface area contributed by atoms with Gasteiger partial charge >= 0.3 is 5.97 Å². The Balaban J connectivity index is 0.00000210. The fraction of sp³-hybridized carbons (Fsp3) is 0.950. The number of rotatable bonds is 13. The van der Waals surface area contributed by atoms with Crippen LogP contribution in [0.5, 0.6) is 0 Å². The van der Waals surface area contributed by atoms with E-state index in [0.29, 0.717) is 6.42 Å². The van der Waals surface area contributed by atoms with Crippen LogP contribution in [0, 0.1) is 0 Å². The molecule has 7 heteroatoms. The number of hydrogen-bond donors (Lipinski definition) is 4. The van der Waals surface area contributed by atoms with Crippen LogP contribution in [0.4, 0.5) is 0 Å². The Bertz CT molecular complexity index is 351. The summed E-state index contributed by atoms with van der Waals surface area (Å²) in [6, 6.07) is 0. The monoisotopic (exact) mass is 392 g/mol. The second-order valence-corrected chi connectivity index (χ2v) is 6.96. The molecule has 4 atom stereocenters. The third-order valence-electron chi connectivity index (χ3n) is 4.50. The Hall–Kier alpha value is -0.730. The first kappa shape index (κ1) is 26.3. The molecule has 27 heavy (non-hydrogen) atoms. The maximum atomic E-state index is 11.8. The van der Waals surface area contributed by atoms with Gasteiger partial charge < -0.3 is 29.9 Å². The number of aliphatic hydroxyl groups is 4. The van der Waals surface area contributed by atoms with Gasteiger partial charge in [0.05, 0.1) is 13.2 Å². The third kappa shape index (κ3) is 12.4. The highest BCUT2D eigenvalue weighted by molar-refractivity contribution is 5.69. The van der Waals surface area contributed by atoms with Crippen LogP contribution in [0.1, 0.15) is 78.1 Å². The van der Waals surface area contributed by atoms with Gasteiger partial charge in [0.15, 0.2) is 6.10 Å². The summed E-state index contributed by atoms with van der Waals surface area (Å²) in [6.07, 6.45) is 6.91. The number of ether oxygens (including phenoxy) is 2. The lowest BCUT2D eigenvalue weighted by Crippen LogP contribution is -2.43. The van der Waals surface area contributed by atoms with Crippen LogP contribution in [0.3, 0.4) is 0 Å². The molecule has 0 bridgehead atoms. The largest absolute Gasteiger partial charge is 0.457 e. The number of hydrogen-bond acceptors (Lipinski definition) is 7. The Morgan fingerprint density at radius 1 is 1.00 bits per heavy atom. The molecule has 0 amide bonds. The van der Waals surface area contributed by atoms with Crippen LogP contribution in [0.2, 0.25) is 0 Å². The quantitative estimate of drug-likeness (QED) is 0.279. The van der Waals surface area contributed by atoms with Crippen LogP contribution in [0.15, 0.2) is 0 Å². The van der Waals surface area contributed by atoms with Gasteiger partial charge in [0.1, 0.15) is 18.3 Å². The summed E-state index contributed by atoms with van der Waals surface area (Å²) in [5, 5.41) is 36.1. The zero-order chi connectivity index (χ0) is 20.5. The summed E-state index contributed by atoms with van der Waals surface area (Å²) >= 11 is 0. The number of esters is 1. The molecule has 4 N–H and O–H groups in total. The van der Waals surface area contributed by atoms with E-state index in [1.807, 2.05) is 0 Å². The topological polar surface area (TPSA) is 116 Å². The Morgan fingerprint density at radius 3 is 1.96 bits per heavy atom. The number of aliphatic hydroxyl groups excluding tert-OH is 4. The lowest BCUT2D eigenvalue weighted by Gasteiger charge is -2.24. The Labute approximate surface area is 163 Å². The van der Waals surface area contributed by atoms with Crippen molar-refractivity contribution in [3.8, 4) is 0 Å². The van der Waals surface area contributed by atoms with Crippen molar-refractivity contribution in [2.75, 3.05) is 19.8 Å². The second kappa shape index (κ2) is 17.4. The minimum Gasteiger partial charge on any atom is -0.457 e. The summed E-state index contributed by atoms with van der Waals surface area (Å²) in [7, 11) is 0. The van der Waals surface area contributed by atoms with Crippen LogP contribution in [-0.4, -0.2) is 70.6 Å². The molecule has 0 aromatic rings. The molecule has 0 aliphatic carbocycles. The molecule has 0 unspecified atom stereocenters. The predicted octanol–water partition coefficient (Wildman–Crippen LogP) is 1.93. The van der Waals surface area contributed by atoms with Crippen molar-refractivity contribution in [1.29, 1.82) is 0 Å². The summed E-state index contributed by atoms with van der Waals surface area (Å²) < 4.78 is 10.4. The smallest absolute Gasteiger partial charge is 0.306 e. The molecule has 1 heterocycles. The van der Waals surface area contributed by atoms with E-state index in [9.17, 15) is 20.1 Å². The number of carbonyl (C=O) groups is 1. The summed E-state index contributed by atoms with van der Waals surface area (Å²) in [5.74, 6) is -0.394. The first-order valence-electron chi connectivity index (χ1n) is 10.4. The molecule has 0 spiro atoms. The minimum atomic E-state index is -1.14. The number of carbonyl (C=O) groups excluding carboxylic acids is 1. The van der Waals surface area contributed by atoms with Crippen LogP contribution < -0.4 is 0 Å². The highest BCUT2D eigenvalue weighted by Crippen LogP contribution is 2.20. The van der Waals surface area contributed by atoms with E-state index in [1.165, 1.54) is 38.5 Å². The van der Waals surface area contributed by atoms with Gasteiger partial charge in [-0.1, -0.05) is 58.3 Å². The van der Waals surface area contributed by atoms with Gasteiger partial charge in [-0.3, -0.25) is 4.79 Å². The molecule has 1 aliphatic rings. The summed E-state index contributed by atoms with van der Waals surface area (Å²) in [5.41, 5.74) is 0. The van der Waals surface area contributed by atoms with Crippen molar-refractivity contribution in [3.05, 3.63) is 0 Å². The van der Waals surface area contributed by atoms with Crippen LogP contribution >= 0.6 is 0 Å². The van der Waals surface area contributed by atoms with Crippen molar-refractivity contribution >= 4 is 5.97 Å². The lowest BCUT2D eigenvalue weighted by molar-refractivity contribution is -0.162. The van der Waals surface area contributed by atoms with E-state index in [0.717, 1.165) is 19.3 Å². The van der Waals surface area contributed by atoms with Gasteiger partial charge in [-0.25, -0.2) is 0 Å². The van der Waals surface area contributed by atoms with Crippen molar-refractivity contribution in [2.45, 2.75) is 102 Å². The van der Waals surface area contributed by atoms with Gasteiger partial charge in [-0.2, -0.15) is 0 Å². The van der Waals surface area contributed by atoms with Crippen molar-refractivity contribution in [3.63, 3.8) is 0 Å². The van der Waals surface area contributed by atoms with E-state index in [1.54, 1.807) is 6.92 Å². The average molecular weight is 393 g/mol. The Kier molecular flexibility index (Phi) is 16.9. The van der Waals surface area contributed by atoms with Crippen LogP contribution in [0.25, 0.3) is 0 Å². The molecule has 1 fully saturated rings. The average Bonchev–Trinajstić information content (AvgIpc) is 2.98. The molecule has 0 saturated carbocycles. The van der Waals surface area contributed by atoms with Gasteiger partial charge in [0.2, 0.25) is 0 Å². The van der Waals surface area contributed by atoms with E-state index in [2.05, 4.69) is 6.92 Å². The highest BCUT2D eigenvalue weighted by atomic mass is 16.6. The highest BCUT2D eigenvalue weighted by Gasteiger charge is 2.41. The zero-order valence-corrected chi connectivity index (χ0v) is 17.0. The first-order valence-corrected chi connectivity index (χ1v) is 10.4. The molecule has 0 radical (unpaired) electrons. The molecular formula is C20H40O7. The predicted molar refractivity (Wildman–Crippen MR) is 103 cm³/mol. The Morgan fingerprint density at radius 2 is 1.52 bits per heavy atom. The molecule has 0 aromatic heterocycles. The summed E-state index contributed by atoms with van der Waals surface area (Å²) in [6.45, 7) is 3.69. The molecular weight excluding hydrogens is 352 g/mol. The zero-order valence-electron chi connectivity index (χ0n) is 17.0. The fourth-order valence-corrected chi connectivity index (χ4v) is 2.97. The van der Waals surface area contributed by atoms with Gasteiger partial charge in [-0.05, 0) is 13.3 Å². The standard InChI is InChI=1S/C18H34O6.C2H6O/c1-2-3-4-5-6-7-8-9-10-11-16(21)24-15(12-19)18-17(22)14(20)13-23-18;1-2-3/h14-15,17-20,22H,2-13H2,1H3;3H,2H2,1H3/t14-,15+,17+,18+;/m0./s1. The van der Waals surface area contributed by atoms with E-state index in [4.69, 9.17) is 14.6 Å². The molecule has 1 saturated heterocycles. The third-order valence-corrected chi connectivity index (χ3v) is 4.50. The van der Waals surface area contributed by atoms with Crippen molar-refractivity contribution in [2.24, 2.45) is 0 Å². The van der Waals surface area contributed by atoms with E-state index in [-0.39, 0.29) is 13.2 Å². The number of unbranched alkanes of at least 4 members (excludes halogenated alkanes) is 8. The van der Waals surface area contributed by atoms with Gasteiger partial charge in [0, 0.05) is 13.0 Å². The van der Waals surface area contributed by atoms with E-state index >= 15 is 0 Å². The fourth-order valence-electron chi connectivity index (χ4n) is 2.97. The SMILES string of the molecule is CCCCCCCCCCCC(=O)O[C@H](CO)[C@H]1OC[C@H](O)[C@H]1O.CCO. The normalized spacial score (nSPS) is 22.8. The molecule has 1 rings (SSSR count). The second-order valence-electron chi connectivity index (χ2n) is 6.96. The molecule has 7 nitrogen and oxygen atoms in total. The molecule has 1 aliphatic heterocycles. The minimum absolute atomic E-state index is 0.0157. The molecule has 0 aromatic carbocycles. The maximum absolute atomic E-state index is 11.8. The van der Waals surface area contributed by atoms with Crippen molar-refractivity contribution in [1.82, 2.24) is 0 Å². The van der Waals surface area contributed by atoms with Crippen LogP contribution in [-0.2, 0) is 14.3 Å². The maximum Gasteiger partial charge on any atom is 0.306 e. The van der Waals surface area contributed by atoms with Gasteiger partial charge in [-0.15, -0.1) is 0 Å². The van der Waals surface area contributed by atoms with Crippen molar-refractivity contribution < 1.29 is 34.7 Å². The van der Waals surface area contributed by atoms with Gasteiger partial charge in [0.25, 0.3) is 0 Å². The molecule has 162 valence electrons. The summed E-state index contributed by atoms with van der Waals surface area (Å²) in [4.78, 5) is 11.8.